The third-order valence-corrected chi connectivity index (χ3v) is 5.27. The number of nitrogens with zero attached hydrogens (tertiary/aromatic N) is 2. The molecule has 118 valence electrons. The van der Waals surface area contributed by atoms with Crippen LogP contribution in [-0.2, 0) is 5.54 Å². The van der Waals surface area contributed by atoms with Crippen LogP contribution in [0, 0.1) is 17.2 Å². The zero-order chi connectivity index (χ0) is 16.1. The molecule has 1 aromatic heterocycles. The molecule has 1 aliphatic carbocycles. The lowest BCUT2D eigenvalue weighted by atomic mass is 9.87. The second-order valence-electron chi connectivity index (χ2n) is 6.33. The first-order valence-electron chi connectivity index (χ1n) is 8.11. The van der Waals surface area contributed by atoms with Gasteiger partial charge in [0.2, 0.25) is 0 Å². The molecule has 0 aliphatic heterocycles. The molecule has 1 saturated carbocycles. The van der Waals surface area contributed by atoms with Crippen LogP contribution in [0.5, 0.6) is 0 Å². The lowest BCUT2D eigenvalue weighted by molar-refractivity contribution is 0.170. The highest BCUT2D eigenvalue weighted by Crippen LogP contribution is 2.37. The van der Waals surface area contributed by atoms with Gasteiger partial charge < -0.3 is 0 Å². The quantitative estimate of drug-likeness (QED) is 0.724. The van der Waals surface area contributed by atoms with Gasteiger partial charge in [-0.3, -0.25) is 4.90 Å². The highest BCUT2D eigenvalue weighted by Gasteiger charge is 2.38. The van der Waals surface area contributed by atoms with Crippen LogP contribution in [0.2, 0.25) is 0 Å². The summed E-state index contributed by atoms with van der Waals surface area (Å²) in [6, 6.07) is 15.0. The van der Waals surface area contributed by atoms with Crippen molar-refractivity contribution in [3.05, 3.63) is 64.4 Å². The van der Waals surface area contributed by atoms with Crippen LogP contribution in [0.3, 0.4) is 0 Å². The number of hydrogen-bond acceptors (Lipinski definition) is 3. The van der Waals surface area contributed by atoms with E-state index in [1.165, 1.54) is 18.4 Å². The SMILES string of the molecule is CN(CC1CC1)C(C#N)(CC=Cc1ccccc1)c1ccsc1. The minimum atomic E-state index is -0.562. The third kappa shape index (κ3) is 3.72. The van der Waals surface area contributed by atoms with E-state index in [0.717, 1.165) is 18.0 Å². The molecule has 0 bridgehead atoms. The van der Waals surface area contributed by atoms with Gasteiger partial charge in [0.15, 0.2) is 0 Å². The summed E-state index contributed by atoms with van der Waals surface area (Å²) in [7, 11) is 2.09. The topological polar surface area (TPSA) is 27.0 Å². The Morgan fingerprint density at radius 3 is 2.70 bits per heavy atom. The average Bonchev–Trinajstić information content (AvgIpc) is 3.22. The number of hydrogen-bond donors (Lipinski definition) is 0. The normalized spacial score (nSPS) is 17.3. The molecule has 0 saturated heterocycles. The van der Waals surface area contributed by atoms with Crippen LogP contribution in [0.4, 0.5) is 0 Å². The van der Waals surface area contributed by atoms with Gasteiger partial charge in [-0.2, -0.15) is 16.6 Å². The predicted octanol–water partition coefficient (Wildman–Crippen LogP) is 4.91. The molecule has 1 unspecified atom stereocenters. The number of rotatable bonds is 7. The Labute approximate surface area is 142 Å². The maximum atomic E-state index is 10.0. The fourth-order valence-electron chi connectivity index (χ4n) is 2.96. The number of benzene rings is 1. The summed E-state index contributed by atoms with van der Waals surface area (Å²) in [6.45, 7) is 1.00. The average molecular weight is 322 g/mol. The number of thiophene rings is 1. The molecule has 2 aromatic rings. The van der Waals surface area contributed by atoms with Crippen LogP contribution in [-0.4, -0.2) is 18.5 Å². The Morgan fingerprint density at radius 1 is 1.30 bits per heavy atom. The van der Waals surface area contributed by atoms with Gasteiger partial charge >= 0.3 is 0 Å². The van der Waals surface area contributed by atoms with Crippen molar-refractivity contribution in [2.24, 2.45) is 5.92 Å². The highest BCUT2D eigenvalue weighted by atomic mass is 32.1. The molecule has 0 spiro atoms. The molecule has 1 heterocycles. The third-order valence-electron chi connectivity index (χ3n) is 4.59. The molecular weight excluding hydrogens is 300 g/mol. The van der Waals surface area contributed by atoms with Crippen molar-refractivity contribution in [3.63, 3.8) is 0 Å². The molecule has 0 amide bonds. The van der Waals surface area contributed by atoms with Gasteiger partial charge in [-0.25, -0.2) is 0 Å². The summed E-state index contributed by atoms with van der Waals surface area (Å²) in [5, 5.41) is 14.2. The zero-order valence-corrected chi connectivity index (χ0v) is 14.3. The van der Waals surface area contributed by atoms with E-state index >= 15 is 0 Å². The van der Waals surface area contributed by atoms with Crippen LogP contribution in [0.15, 0.2) is 53.2 Å². The van der Waals surface area contributed by atoms with Gasteiger partial charge in [0.05, 0.1) is 6.07 Å². The summed E-state index contributed by atoms with van der Waals surface area (Å²) in [6.07, 6.45) is 7.56. The lowest BCUT2D eigenvalue weighted by Crippen LogP contribution is -2.43. The van der Waals surface area contributed by atoms with Crippen LogP contribution < -0.4 is 0 Å². The summed E-state index contributed by atoms with van der Waals surface area (Å²) in [4.78, 5) is 2.25. The van der Waals surface area contributed by atoms with E-state index < -0.39 is 5.54 Å². The maximum Gasteiger partial charge on any atom is 0.138 e. The molecule has 1 atom stereocenters. The van der Waals surface area contributed by atoms with Crippen LogP contribution in [0.25, 0.3) is 6.08 Å². The van der Waals surface area contributed by atoms with E-state index in [4.69, 9.17) is 0 Å². The van der Waals surface area contributed by atoms with Gasteiger partial charge in [-0.05, 0) is 53.8 Å². The maximum absolute atomic E-state index is 10.0. The summed E-state index contributed by atoms with van der Waals surface area (Å²) < 4.78 is 0. The molecule has 1 aromatic carbocycles. The molecule has 0 radical (unpaired) electrons. The number of nitriles is 1. The summed E-state index contributed by atoms with van der Waals surface area (Å²) >= 11 is 1.66. The zero-order valence-electron chi connectivity index (χ0n) is 13.5. The van der Waals surface area contributed by atoms with Gasteiger partial charge in [0.1, 0.15) is 5.54 Å². The van der Waals surface area contributed by atoms with E-state index in [-0.39, 0.29) is 0 Å². The van der Waals surface area contributed by atoms with E-state index in [9.17, 15) is 5.26 Å². The molecule has 3 rings (SSSR count). The minimum absolute atomic E-state index is 0.562. The molecule has 1 fully saturated rings. The largest absolute Gasteiger partial charge is 0.284 e. The fraction of sp³-hybridized carbons (Fsp3) is 0.350. The van der Waals surface area contributed by atoms with Gasteiger partial charge in [0.25, 0.3) is 0 Å². The van der Waals surface area contributed by atoms with Crippen molar-refractivity contribution >= 4 is 17.4 Å². The predicted molar refractivity (Wildman–Crippen MR) is 97.1 cm³/mol. The van der Waals surface area contributed by atoms with Crippen molar-refractivity contribution in [2.45, 2.75) is 24.8 Å². The first-order valence-corrected chi connectivity index (χ1v) is 9.05. The van der Waals surface area contributed by atoms with Crippen LogP contribution in [0.1, 0.15) is 30.4 Å². The van der Waals surface area contributed by atoms with Crippen molar-refractivity contribution in [2.75, 3.05) is 13.6 Å². The van der Waals surface area contributed by atoms with Crippen molar-refractivity contribution in [1.82, 2.24) is 4.90 Å². The molecule has 3 heteroatoms. The van der Waals surface area contributed by atoms with Gasteiger partial charge in [0, 0.05) is 13.0 Å². The van der Waals surface area contributed by atoms with E-state index in [1.807, 2.05) is 18.2 Å². The fourth-order valence-corrected chi connectivity index (χ4v) is 3.69. The Hall–Kier alpha value is -1.89. The molecule has 2 nitrogen and oxygen atoms in total. The van der Waals surface area contributed by atoms with E-state index in [1.54, 1.807) is 11.3 Å². The van der Waals surface area contributed by atoms with Crippen LogP contribution >= 0.6 is 11.3 Å². The Morgan fingerprint density at radius 2 is 2.09 bits per heavy atom. The van der Waals surface area contributed by atoms with Gasteiger partial charge in [-0.1, -0.05) is 42.5 Å². The Balaban J connectivity index is 1.82. The second-order valence-corrected chi connectivity index (χ2v) is 7.11. The van der Waals surface area contributed by atoms with Crippen molar-refractivity contribution < 1.29 is 0 Å². The monoisotopic (exact) mass is 322 g/mol. The Bertz CT molecular complexity index is 680. The first-order chi connectivity index (χ1) is 11.2. The molecule has 0 N–H and O–H groups in total. The van der Waals surface area contributed by atoms with Crippen molar-refractivity contribution in [3.8, 4) is 6.07 Å². The second kappa shape index (κ2) is 7.12. The first kappa shape index (κ1) is 16.0. The molecule has 23 heavy (non-hydrogen) atoms. The molecule has 1 aliphatic rings. The van der Waals surface area contributed by atoms with E-state index in [2.05, 4.69) is 59.1 Å². The Kier molecular flexibility index (Phi) is 4.95. The summed E-state index contributed by atoms with van der Waals surface area (Å²) in [5.41, 5.74) is 1.73. The van der Waals surface area contributed by atoms with E-state index in [0.29, 0.717) is 6.42 Å². The summed E-state index contributed by atoms with van der Waals surface area (Å²) in [5.74, 6) is 0.768. The highest BCUT2D eigenvalue weighted by molar-refractivity contribution is 7.08. The van der Waals surface area contributed by atoms with Gasteiger partial charge in [-0.15, -0.1) is 0 Å². The lowest BCUT2D eigenvalue weighted by Gasteiger charge is -2.35. The smallest absolute Gasteiger partial charge is 0.138 e. The minimum Gasteiger partial charge on any atom is -0.284 e. The van der Waals surface area contributed by atoms with Crippen molar-refractivity contribution in [1.29, 1.82) is 5.26 Å². The molecular formula is C20H22N2S. The standard InChI is InChI=1S/C20H22N2S/c1-22(14-18-9-10-18)20(16-21,19-11-13-23-15-19)12-5-8-17-6-3-2-4-7-17/h2-8,11,13,15,18H,9-10,12,14H2,1H3.